The van der Waals surface area contributed by atoms with E-state index in [1.165, 1.54) is 5.56 Å². The number of nitrogens with zero attached hydrogens (tertiary/aromatic N) is 4. The van der Waals surface area contributed by atoms with Gasteiger partial charge in [-0.3, -0.25) is 9.67 Å². The molecule has 2 heterocycles. The molecule has 0 saturated carbocycles. The number of halogens is 1. The summed E-state index contributed by atoms with van der Waals surface area (Å²) in [5.41, 5.74) is 1.20. The first-order valence-corrected chi connectivity index (χ1v) is 9.98. The quantitative estimate of drug-likeness (QED) is 0.274. The molecule has 0 amide bonds. The summed E-state index contributed by atoms with van der Waals surface area (Å²) in [6.07, 6.45) is 7.29. The van der Waals surface area contributed by atoms with Crippen LogP contribution in [0, 0.1) is 6.92 Å². The van der Waals surface area contributed by atoms with Gasteiger partial charge in [-0.1, -0.05) is 18.2 Å². The molecule has 1 saturated heterocycles. The van der Waals surface area contributed by atoms with Gasteiger partial charge in [-0.2, -0.15) is 5.10 Å². The Morgan fingerprint density at radius 2 is 2.00 bits per heavy atom. The van der Waals surface area contributed by atoms with Crippen molar-refractivity contribution in [1.82, 2.24) is 20.0 Å². The topological polar surface area (TPSA) is 54.7 Å². The molecule has 0 bridgehead atoms. The minimum Gasteiger partial charge on any atom is -0.490 e. The van der Waals surface area contributed by atoms with Gasteiger partial charge in [0.25, 0.3) is 0 Å². The van der Waals surface area contributed by atoms with Gasteiger partial charge in [-0.15, -0.1) is 24.0 Å². The molecule has 1 N–H and O–H groups in total. The maximum atomic E-state index is 6.10. The fourth-order valence-corrected chi connectivity index (χ4v) is 3.31. The molecule has 0 spiro atoms. The molecule has 1 aromatic heterocycles. The SMILES string of the molecule is CCNC(=NCCCn1cc(C)cn1)N1CCC(Oc2ccccc2)CC1.I. The van der Waals surface area contributed by atoms with Gasteiger partial charge in [-0.25, -0.2) is 0 Å². The van der Waals surface area contributed by atoms with Crippen molar-refractivity contribution in [2.24, 2.45) is 4.99 Å². The van der Waals surface area contributed by atoms with Crippen LogP contribution in [0.25, 0.3) is 0 Å². The van der Waals surface area contributed by atoms with Crippen LogP contribution in [-0.2, 0) is 6.54 Å². The van der Waals surface area contributed by atoms with E-state index in [1.54, 1.807) is 0 Å². The molecule has 1 aliphatic heterocycles. The smallest absolute Gasteiger partial charge is 0.193 e. The van der Waals surface area contributed by atoms with Gasteiger partial charge < -0.3 is 15.0 Å². The number of para-hydroxylation sites is 1. The lowest BCUT2D eigenvalue weighted by atomic mass is 10.1. The minimum absolute atomic E-state index is 0. The monoisotopic (exact) mass is 497 g/mol. The first kappa shape index (κ1) is 22.5. The maximum absolute atomic E-state index is 6.10. The fourth-order valence-electron chi connectivity index (χ4n) is 3.31. The third-order valence-electron chi connectivity index (χ3n) is 4.69. The number of aromatic nitrogens is 2. The highest BCUT2D eigenvalue weighted by Gasteiger charge is 2.22. The van der Waals surface area contributed by atoms with Crippen molar-refractivity contribution in [3.05, 3.63) is 48.3 Å². The van der Waals surface area contributed by atoms with Crippen molar-refractivity contribution >= 4 is 29.9 Å². The zero-order valence-corrected chi connectivity index (χ0v) is 19.2. The van der Waals surface area contributed by atoms with E-state index in [-0.39, 0.29) is 30.1 Å². The molecule has 28 heavy (non-hydrogen) atoms. The lowest BCUT2D eigenvalue weighted by Gasteiger charge is -2.34. The average molecular weight is 497 g/mol. The Morgan fingerprint density at radius 1 is 1.25 bits per heavy atom. The summed E-state index contributed by atoms with van der Waals surface area (Å²) < 4.78 is 8.09. The van der Waals surface area contributed by atoms with Crippen LogP contribution < -0.4 is 10.1 Å². The van der Waals surface area contributed by atoms with E-state index >= 15 is 0 Å². The van der Waals surface area contributed by atoms with Gasteiger partial charge in [0.05, 0.1) is 6.20 Å². The van der Waals surface area contributed by atoms with Crippen LogP contribution in [0.3, 0.4) is 0 Å². The van der Waals surface area contributed by atoms with Crippen molar-refractivity contribution in [1.29, 1.82) is 0 Å². The number of ether oxygens (including phenoxy) is 1. The highest BCUT2D eigenvalue weighted by Crippen LogP contribution is 2.18. The van der Waals surface area contributed by atoms with Crippen LogP contribution in [0.1, 0.15) is 31.7 Å². The molecular formula is C21H32IN5O. The molecule has 0 radical (unpaired) electrons. The number of hydrogen-bond acceptors (Lipinski definition) is 3. The molecular weight excluding hydrogens is 465 g/mol. The largest absolute Gasteiger partial charge is 0.490 e. The normalized spacial score (nSPS) is 15.2. The van der Waals surface area contributed by atoms with Crippen molar-refractivity contribution < 1.29 is 4.74 Å². The Balaban J connectivity index is 0.00000280. The standard InChI is InChI=1S/C21H31N5O.HI/c1-3-22-21(23-12-7-13-26-17-18(2)16-24-26)25-14-10-20(11-15-25)27-19-8-5-4-6-9-19;/h4-6,8-9,16-17,20H,3,7,10-15H2,1-2H3,(H,22,23);1H. The van der Waals surface area contributed by atoms with Crippen LogP contribution in [0.15, 0.2) is 47.7 Å². The second-order valence-electron chi connectivity index (χ2n) is 6.99. The number of guanidine groups is 1. The first-order chi connectivity index (χ1) is 13.2. The molecule has 6 nitrogen and oxygen atoms in total. The summed E-state index contributed by atoms with van der Waals surface area (Å²) in [7, 11) is 0. The number of benzene rings is 1. The predicted molar refractivity (Wildman–Crippen MR) is 125 cm³/mol. The summed E-state index contributed by atoms with van der Waals surface area (Å²) >= 11 is 0. The summed E-state index contributed by atoms with van der Waals surface area (Å²) in [4.78, 5) is 7.17. The van der Waals surface area contributed by atoms with Crippen LogP contribution in [0.5, 0.6) is 5.75 Å². The summed E-state index contributed by atoms with van der Waals surface area (Å²) in [5, 5.41) is 7.76. The number of rotatable bonds is 7. The maximum Gasteiger partial charge on any atom is 0.193 e. The lowest BCUT2D eigenvalue weighted by Crippen LogP contribution is -2.47. The molecule has 3 rings (SSSR count). The Labute approximate surface area is 185 Å². The molecule has 1 aliphatic rings. The number of aliphatic imine (C=N–C) groups is 1. The van der Waals surface area contributed by atoms with Crippen LogP contribution in [0.2, 0.25) is 0 Å². The third-order valence-corrected chi connectivity index (χ3v) is 4.69. The number of aryl methyl sites for hydroxylation is 2. The molecule has 0 atom stereocenters. The van der Waals surface area contributed by atoms with Crippen LogP contribution >= 0.6 is 24.0 Å². The minimum atomic E-state index is 0. The van der Waals surface area contributed by atoms with Gasteiger partial charge in [0.1, 0.15) is 11.9 Å². The lowest BCUT2D eigenvalue weighted by molar-refractivity contribution is 0.129. The number of nitrogens with one attached hydrogen (secondary N) is 1. The van der Waals surface area contributed by atoms with Gasteiger partial charge in [0.15, 0.2) is 5.96 Å². The van der Waals surface area contributed by atoms with E-state index < -0.39 is 0 Å². The van der Waals surface area contributed by atoms with Gasteiger partial charge in [0, 0.05) is 51.8 Å². The molecule has 1 fully saturated rings. The van der Waals surface area contributed by atoms with Crippen LogP contribution in [-0.4, -0.2) is 52.9 Å². The summed E-state index contributed by atoms with van der Waals surface area (Å²) in [5.74, 6) is 1.98. The molecule has 2 aromatic rings. The Bertz CT molecular complexity index is 711. The van der Waals surface area contributed by atoms with E-state index in [0.29, 0.717) is 0 Å². The third kappa shape index (κ3) is 7.00. The molecule has 7 heteroatoms. The Morgan fingerprint density at radius 3 is 2.64 bits per heavy atom. The molecule has 154 valence electrons. The Kier molecular flexibility index (Phi) is 9.60. The van der Waals surface area contributed by atoms with Gasteiger partial charge in [0.2, 0.25) is 0 Å². The van der Waals surface area contributed by atoms with E-state index in [1.807, 2.05) is 41.2 Å². The number of likely N-dealkylation sites (tertiary alicyclic amines) is 1. The highest BCUT2D eigenvalue weighted by molar-refractivity contribution is 14.0. The average Bonchev–Trinajstić information content (AvgIpc) is 3.11. The number of piperidine rings is 1. The van der Waals surface area contributed by atoms with Crippen molar-refractivity contribution in [3.8, 4) is 5.75 Å². The van der Waals surface area contributed by atoms with E-state index in [2.05, 4.69) is 35.4 Å². The zero-order chi connectivity index (χ0) is 18.9. The second kappa shape index (κ2) is 11.9. The second-order valence-corrected chi connectivity index (χ2v) is 6.99. The summed E-state index contributed by atoms with van der Waals surface area (Å²) in [6, 6.07) is 10.1. The Hall–Kier alpha value is -1.77. The van der Waals surface area contributed by atoms with Crippen molar-refractivity contribution in [3.63, 3.8) is 0 Å². The number of hydrogen-bond donors (Lipinski definition) is 1. The summed E-state index contributed by atoms with van der Waals surface area (Å²) in [6.45, 7) is 8.73. The highest BCUT2D eigenvalue weighted by atomic mass is 127. The molecule has 0 unspecified atom stereocenters. The van der Waals surface area contributed by atoms with Gasteiger partial charge >= 0.3 is 0 Å². The first-order valence-electron chi connectivity index (χ1n) is 9.98. The predicted octanol–water partition coefficient (Wildman–Crippen LogP) is 3.71. The van der Waals surface area contributed by atoms with Crippen LogP contribution in [0.4, 0.5) is 0 Å². The van der Waals surface area contributed by atoms with E-state index in [4.69, 9.17) is 9.73 Å². The van der Waals surface area contributed by atoms with Crippen molar-refractivity contribution in [2.45, 2.75) is 45.8 Å². The zero-order valence-electron chi connectivity index (χ0n) is 16.9. The van der Waals surface area contributed by atoms with Crippen molar-refractivity contribution in [2.75, 3.05) is 26.2 Å². The van der Waals surface area contributed by atoms with E-state index in [0.717, 1.165) is 63.7 Å². The van der Waals surface area contributed by atoms with Gasteiger partial charge in [-0.05, 0) is 38.0 Å². The molecule has 1 aromatic carbocycles. The molecule has 0 aliphatic carbocycles. The van der Waals surface area contributed by atoms with E-state index in [9.17, 15) is 0 Å². The fraction of sp³-hybridized carbons (Fsp3) is 0.524.